The average Bonchev–Trinajstić information content (AvgIpc) is 2.39. The van der Waals surface area contributed by atoms with Gasteiger partial charge < -0.3 is 5.21 Å². The molecule has 88 valence electrons. The van der Waals surface area contributed by atoms with E-state index in [1.165, 1.54) is 0 Å². The van der Waals surface area contributed by atoms with Crippen molar-refractivity contribution >= 4 is 5.71 Å². The number of hydrogen-bond donors (Lipinski definition) is 1. The lowest BCUT2D eigenvalue weighted by Gasteiger charge is -2.28. The van der Waals surface area contributed by atoms with Crippen molar-refractivity contribution in [1.29, 1.82) is 0 Å². The van der Waals surface area contributed by atoms with E-state index in [1.807, 2.05) is 0 Å². The Morgan fingerprint density at radius 1 is 1.07 bits per heavy atom. The lowest BCUT2D eigenvalue weighted by atomic mass is 9.76. The molecular formula is C13H25NO. The van der Waals surface area contributed by atoms with Gasteiger partial charge in [-0.25, -0.2) is 0 Å². The van der Waals surface area contributed by atoms with Gasteiger partial charge in [-0.3, -0.25) is 0 Å². The highest BCUT2D eigenvalue weighted by molar-refractivity contribution is 5.91. The summed E-state index contributed by atoms with van der Waals surface area (Å²) in [4.78, 5) is 0. The van der Waals surface area contributed by atoms with Crippen LogP contribution in [0.5, 0.6) is 0 Å². The quantitative estimate of drug-likeness (QED) is 0.549. The van der Waals surface area contributed by atoms with E-state index in [4.69, 9.17) is 5.21 Å². The van der Waals surface area contributed by atoms with Crippen molar-refractivity contribution in [3.05, 3.63) is 0 Å². The summed E-state index contributed by atoms with van der Waals surface area (Å²) in [7, 11) is 0. The maximum absolute atomic E-state index is 9.16. The maximum Gasteiger partial charge on any atom is 0.0637 e. The van der Waals surface area contributed by atoms with Crippen molar-refractivity contribution in [3.8, 4) is 0 Å². The van der Waals surface area contributed by atoms with Crippen molar-refractivity contribution in [2.24, 2.45) is 40.7 Å². The van der Waals surface area contributed by atoms with Crippen LogP contribution in [0.2, 0.25) is 0 Å². The van der Waals surface area contributed by atoms with E-state index in [9.17, 15) is 0 Å². The molecule has 0 saturated heterocycles. The maximum atomic E-state index is 9.16. The molecule has 0 aromatic carbocycles. The Kier molecular flexibility index (Phi) is 3.80. The summed E-state index contributed by atoms with van der Waals surface area (Å²) in [5.41, 5.74) is 1.02. The third-order valence-corrected chi connectivity index (χ3v) is 4.22. The zero-order valence-electron chi connectivity index (χ0n) is 10.9. The highest BCUT2D eigenvalue weighted by Gasteiger charge is 2.46. The van der Waals surface area contributed by atoms with Gasteiger partial charge in [0.05, 0.1) is 5.71 Å². The molecule has 2 heteroatoms. The minimum absolute atomic E-state index is 0.426. The highest BCUT2D eigenvalue weighted by atomic mass is 16.4. The monoisotopic (exact) mass is 211 g/mol. The zero-order chi connectivity index (χ0) is 11.7. The van der Waals surface area contributed by atoms with Gasteiger partial charge >= 0.3 is 0 Å². The Hall–Kier alpha value is -0.530. The van der Waals surface area contributed by atoms with E-state index in [1.54, 1.807) is 0 Å². The van der Waals surface area contributed by atoms with Crippen LogP contribution in [0.3, 0.4) is 0 Å². The van der Waals surface area contributed by atoms with Crippen LogP contribution >= 0.6 is 0 Å². The molecular weight excluding hydrogens is 186 g/mol. The Labute approximate surface area is 93.8 Å². The average molecular weight is 211 g/mol. The van der Waals surface area contributed by atoms with Crippen molar-refractivity contribution in [3.63, 3.8) is 0 Å². The molecule has 0 aromatic rings. The first-order chi connectivity index (χ1) is 6.91. The minimum Gasteiger partial charge on any atom is -0.411 e. The lowest BCUT2D eigenvalue weighted by Crippen LogP contribution is -2.26. The van der Waals surface area contributed by atoms with Gasteiger partial charge in [0, 0.05) is 11.8 Å². The summed E-state index contributed by atoms with van der Waals surface area (Å²) >= 11 is 0. The smallest absolute Gasteiger partial charge is 0.0637 e. The molecule has 15 heavy (non-hydrogen) atoms. The van der Waals surface area contributed by atoms with Crippen LogP contribution in [0.15, 0.2) is 5.16 Å². The lowest BCUT2D eigenvalue weighted by molar-refractivity contribution is 0.204. The number of oxime groups is 1. The summed E-state index contributed by atoms with van der Waals surface area (Å²) in [5.74, 6) is 3.40. The van der Waals surface area contributed by atoms with Crippen LogP contribution in [-0.4, -0.2) is 10.9 Å². The van der Waals surface area contributed by atoms with Crippen molar-refractivity contribution in [2.75, 3.05) is 0 Å². The molecule has 1 rings (SSSR count). The molecule has 0 bridgehead atoms. The summed E-state index contributed by atoms with van der Waals surface area (Å²) in [5, 5.41) is 12.7. The Balaban J connectivity index is 3.06. The second-order valence-corrected chi connectivity index (χ2v) is 5.76. The van der Waals surface area contributed by atoms with Gasteiger partial charge in [0.15, 0.2) is 0 Å². The van der Waals surface area contributed by atoms with Crippen LogP contribution < -0.4 is 0 Å². The SMILES string of the molecule is CC(C)C1/C(=N\O)C(C)C(C)C1C(C)C. The molecule has 1 saturated carbocycles. The van der Waals surface area contributed by atoms with Gasteiger partial charge in [0.1, 0.15) is 0 Å². The molecule has 1 fully saturated rings. The van der Waals surface area contributed by atoms with E-state index in [-0.39, 0.29) is 0 Å². The summed E-state index contributed by atoms with van der Waals surface area (Å²) < 4.78 is 0. The Morgan fingerprint density at radius 2 is 1.60 bits per heavy atom. The first-order valence-corrected chi connectivity index (χ1v) is 6.13. The van der Waals surface area contributed by atoms with E-state index in [2.05, 4.69) is 46.7 Å². The fraction of sp³-hybridized carbons (Fsp3) is 0.923. The molecule has 1 N–H and O–H groups in total. The van der Waals surface area contributed by atoms with Gasteiger partial charge in [0.2, 0.25) is 0 Å². The van der Waals surface area contributed by atoms with E-state index in [0.29, 0.717) is 35.5 Å². The van der Waals surface area contributed by atoms with Crippen LogP contribution in [0, 0.1) is 35.5 Å². The van der Waals surface area contributed by atoms with Crippen molar-refractivity contribution in [1.82, 2.24) is 0 Å². The molecule has 0 aliphatic heterocycles. The third kappa shape index (κ3) is 2.04. The highest BCUT2D eigenvalue weighted by Crippen LogP contribution is 2.46. The topological polar surface area (TPSA) is 32.6 Å². The number of hydrogen-bond acceptors (Lipinski definition) is 2. The van der Waals surface area contributed by atoms with Gasteiger partial charge in [0.25, 0.3) is 0 Å². The molecule has 1 aliphatic carbocycles. The molecule has 0 radical (unpaired) electrons. The predicted molar refractivity (Wildman–Crippen MR) is 64.2 cm³/mol. The van der Waals surface area contributed by atoms with Crippen molar-refractivity contribution < 1.29 is 5.21 Å². The summed E-state index contributed by atoms with van der Waals surface area (Å²) in [6.45, 7) is 13.5. The fourth-order valence-corrected chi connectivity index (χ4v) is 3.40. The van der Waals surface area contributed by atoms with Crippen LogP contribution in [0.25, 0.3) is 0 Å². The van der Waals surface area contributed by atoms with Gasteiger partial charge in [-0.2, -0.15) is 0 Å². The molecule has 0 amide bonds. The molecule has 1 aliphatic rings. The van der Waals surface area contributed by atoms with Crippen molar-refractivity contribution in [2.45, 2.75) is 41.5 Å². The van der Waals surface area contributed by atoms with E-state index >= 15 is 0 Å². The first kappa shape index (κ1) is 12.5. The summed E-state index contributed by atoms with van der Waals surface area (Å²) in [6, 6.07) is 0. The number of nitrogens with zero attached hydrogens (tertiary/aromatic N) is 1. The van der Waals surface area contributed by atoms with Gasteiger partial charge in [-0.1, -0.05) is 46.7 Å². The second kappa shape index (κ2) is 4.54. The molecule has 0 spiro atoms. The van der Waals surface area contributed by atoms with E-state index in [0.717, 1.165) is 5.71 Å². The van der Waals surface area contributed by atoms with Gasteiger partial charge in [-0.05, 0) is 23.7 Å². The largest absolute Gasteiger partial charge is 0.411 e. The Bertz CT molecular complexity index is 245. The second-order valence-electron chi connectivity index (χ2n) is 5.76. The molecule has 4 atom stereocenters. The first-order valence-electron chi connectivity index (χ1n) is 6.13. The number of rotatable bonds is 2. The zero-order valence-corrected chi connectivity index (χ0v) is 10.9. The van der Waals surface area contributed by atoms with E-state index < -0.39 is 0 Å². The normalized spacial score (nSPS) is 39.6. The Morgan fingerprint density at radius 3 is 1.93 bits per heavy atom. The fourth-order valence-electron chi connectivity index (χ4n) is 3.40. The molecule has 4 unspecified atom stereocenters. The predicted octanol–water partition coefficient (Wildman–Crippen LogP) is 3.65. The molecule has 0 heterocycles. The van der Waals surface area contributed by atoms with Gasteiger partial charge in [-0.15, -0.1) is 0 Å². The standard InChI is InChI=1S/C13H25NO/c1-7(2)11-9(5)10(6)13(14-15)12(11)8(3)4/h7-12,15H,1-6H3/b14-13-. The summed E-state index contributed by atoms with van der Waals surface area (Å²) in [6.07, 6.45) is 0. The molecule has 2 nitrogen and oxygen atoms in total. The minimum atomic E-state index is 0.426. The van der Waals surface area contributed by atoms with Crippen LogP contribution in [0.1, 0.15) is 41.5 Å². The third-order valence-electron chi connectivity index (χ3n) is 4.22. The molecule has 0 aromatic heterocycles. The van der Waals surface area contributed by atoms with Crippen LogP contribution in [-0.2, 0) is 0 Å². The van der Waals surface area contributed by atoms with Crippen LogP contribution in [0.4, 0.5) is 0 Å².